The fraction of sp³-hybridized carbons (Fsp3) is 0.0156. The van der Waals surface area contributed by atoms with Crippen molar-refractivity contribution in [3.8, 4) is 51.0 Å². The SMILES string of the molecule is c1ccc(-c2nc(-c3cccc4c3-c3ccccc3C43c4ccccc4-c4ccccc43)nc(-n3c4ccccc4c4cc5c(cc43)N(c3ccccc3)c3ccccc3N5c3ccccc3)n2)cc1. The number of anilines is 6. The smallest absolute Gasteiger partial charge is 0.238 e. The molecular weight excluding hydrogens is 853 g/mol. The maximum atomic E-state index is 5.63. The maximum Gasteiger partial charge on any atom is 0.238 e. The van der Waals surface area contributed by atoms with E-state index in [1.165, 1.54) is 38.9 Å². The summed E-state index contributed by atoms with van der Waals surface area (Å²) in [5, 5.41) is 2.21. The van der Waals surface area contributed by atoms with Gasteiger partial charge in [-0.25, -0.2) is 4.98 Å². The highest BCUT2D eigenvalue weighted by Crippen LogP contribution is 2.64. The van der Waals surface area contributed by atoms with Crippen LogP contribution in [-0.2, 0) is 5.41 Å². The molecule has 3 heterocycles. The van der Waals surface area contributed by atoms with E-state index >= 15 is 0 Å². The third kappa shape index (κ3) is 5.30. The van der Waals surface area contributed by atoms with Gasteiger partial charge in [-0.1, -0.05) is 188 Å². The molecule has 0 atom stereocenters. The molecule has 2 aromatic heterocycles. The molecule has 0 fully saturated rings. The molecule has 0 N–H and O–H groups in total. The van der Waals surface area contributed by atoms with Crippen LogP contribution in [0.25, 0.3) is 72.8 Å². The molecule has 0 radical (unpaired) electrons. The van der Waals surface area contributed by atoms with Crippen molar-refractivity contribution in [2.45, 2.75) is 5.41 Å². The van der Waals surface area contributed by atoms with Gasteiger partial charge in [0.1, 0.15) is 0 Å². The maximum absolute atomic E-state index is 5.63. The average molecular weight is 893 g/mol. The molecule has 0 bridgehead atoms. The minimum Gasteiger partial charge on any atom is -0.306 e. The molecule has 70 heavy (non-hydrogen) atoms. The number of benzene rings is 10. The Hall–Kier alpha value is -9.39. The topological polar surface area (TPSA) is 50.1 Å². The van der Waals surface area contributed by atoms with Crippen LogP contribution in [0.15, 0.2) is 243 Å². The third-order valence-electron chi connectivity index (χ3n) is 14.8. The molecule has 12 aromatic rings. The summed E-state index contributed by atoms with van der Waals surface area (Å²) in [7, 11) is 0. The number of rotatable bonds is 5. The fourth-order valence-corrected chi connectivity index (χ4v) is 12.0. The lowest BCUT2D eigenvalue weighted by Gasteiger charge is -2.40. The summed E-state index contributed by atoms with van der Waals surface area (Å²) >= 11 is 0. The Labute approximate surface area is 404 Å². The van der Waals surface area contributed by atoms with Gasteiger partial charge in [0.05, 0.1) is 39.2 Å². The molecule has 15 rings (SSSR count). The highest BCUT2D eigenvalue weighted by molar-refractivity contribution is 6.15. The summed E-state index contributed by atoms with van der Waals surface area (Å²) in [6, 6.07) is 87.2. The summed E-state index contributed by atoms with van der Waals surface area (Å²) in [5.41, 5.74) is 19.8. The van der Waals surface area contributed by atoms with Crippen LogP contribution < -0.4 is 9.80 Å². The Kier molecular flexibility index (Phi) is 8.18. The summed E-state index contributed by atoms with van der Waals surface area (Å²) in [4.78, 5) is 21.3. The fourth-order valence-electron chi connectivity index (χ4n) is 12.0. The van der Waals surface area contributed by atoms with Crippen molar-refractivity contribution in [2.75, 3.05) is 9.80 Å². The zero-order valence-corrected chi connectivity index (χ0v) is 37.8. The van der Waals surface area contributed by atoms with Crippen molar-refractivity contribution in [3.05, 3.63) is 265 Å². The van der Waals surface area contributed by atoms with Gasteiger partial charge in [-0.3, -0.25) is 4.57 Å². The van der Waals surface area contributed by atoms with Gasteiger partial charge >= 0.3 is 0 Å². The average Bonchev–Trinajstić information content (AvgIpc) is 4.04. The van der Waals surface area contributed by atoms with E-state index in [1.807, 2.05) is 6.07 Å². The van der Waals surface area contributed by atoms with Gasteiger partial charge in [-0.2, -0.15) is 9.97 Å². The van der Waals surface area contributed by atoms with E-state index in [9.17, 15) is 0 Å². The molecule has 6 nitrogen and oxygen atoms in total. The van der Waals surface area contributed by atoms with Gasteiger partial charge in [-0.05, 0) is 99.1 Å². The molecule has 3 aliphatic rings. The summed E-state index contributed by atoms with van der Waals surface area (Å²) in [6.07, 6.45) is 0. The predicted molar refractivity (Wildman–Crippen MR) is 284 cm³/mol. The molecule has 0 saturated heterocycles. The lowest BCUT2D eigenvalue weighted by atomic mass is 9.70. The summed E-state index contributed by atoms with van der Waals surface area (Å²) in [5.74, 6) is 1.77. The summed E-state index contributed by atoms with van der Waals surface area (Å²) in [6.45, 7) is 0. The van der Waals surface area contributed by atoms with E-state index < -0.39 is 5.41 Å². The Bertz CT molecular complexity index is 4040. The van der Waals surface area contributed by atoms with E-state index in [-0.39, 0.29) is 0 Å². The molecule has 2 aliphatic carbocycles. The predicted octanol–water partition coefficient (Wildman–Crippen LogP) is 15.9. The number of fused-ring (bicyclic) bond motifs is 15. The van der Waals surface area contributed by atoms with Crippen LogP contribution in [-0.4, -0.2) is 19.5 Å². The van der Waals surface area contributed by atoms with Gasteiger partial charge in [0.15, 0.2) is 11.6 Å². The standard InChI is InChI=1S/C64H40N6/c1-4-21-41(22-5-1)61-65-62(48-31-20-35-53-60(48)47-30-12-16-34-52(47)64(53)50-32-14-10-27-44(50)45-28-11-15-33-51(45)64)67-63(66-61)70-54-36-17-13-29-46(54)49-39-58-59(40-57(49)70)69(43-25-8-3-9-26-43)56-38-19-18-37-55(56)68(58)42-23-6-2-7-24-42/h1-40H. The Balaban J connectivity index is 1.02. The van der Waals surface area contributed by atoms with Crippen LogP contribution in [0, 0.1) is 0 Å². The summed E-state index contributed by atoms with van der Waals surface area (Å²) < 4.78 is 2.25. The molecule has 1 aliphatic heterocycles. The first kappa shape index (κ1) is 38.7. The van der Waals surface area contributed by atoms with Crippen LogP contribution >= 0.6 is 0 Å². The molecule has 1 spiro atoms. The number of para-hydroxylation sites is 5. The van der Waals surface area contributed by atoms with E-state index in [0.29, 0.717) is 17.6 Å². The normalized spacial score (nSPS) is 13.5. The minimum atomic E-state index is -0.504. The first-order chi connectivity index (χ1) is 34.8. The molecule has 326 valence electrons. The minimum absolute atomic E-state index is 0.504. The highest BCUT2D eigenvalue weighted by atomic mass is 15.3. The number of nitrogens with zero attached hydrogens (tertiary/aromatic N) is 6. The number of hydrogen-bond donors (Lipinski definition) is 0. The number of hydrogen-bond acceptors (Lipinski definition) is 5. The second-order valence-corrected chi connectivity index (χ2v) is 18.3. The van der Waals surface area contributed by atoms with E-state index in [4.69, 9.17) is 15.0 Å². The van der Waals surface area contributed by atoms with E-state index in [1.54, 1.807) is 0 Å². The van der Waals surface area contributed by atoms with Crippen molar-refractivity contribution in [3.63, 3.8) is 0 Å². The van der Waals surface area contributed by atoms with E-state index in [2.05, 4.69) is 251 Å². The first-order valence-electron chi connectivity index (χ1n) is 23.9. The van der Waals surface area contributed by atoms with Crippen molar-refractivity contribution in [2.24, 2.45) is 0 Å². The van der Waals surface area contributed by atoms with Crippen LogP contribution in [0.5, 0.6) is 0 Å². The third-order valence-corrected chi connectivity index (χ3v) is 14.8. The molecule has 0 unspecified atom stereocenters. The molecular formula is C64H40N6. The van der Waals surface area contributed by atoms with Crippen molar-refractivity contribution in [1.29, 1.82) is 0 Å². The first-order valence-corrected chi connectivity index (χ1v) is 23.9. The molecule has 6 heteroatoms. The number of aromatic nitrogens is 4. The van der Waals surface area contributed by atoms with Gasteiger partial charge in [0, 0.05) is 33.3 Å². The molecule has 10 aromatic carbocycles. The second kappa shape index (κ2) is 14.8. The Morgan fingerprint density at radius 2 is 0.800 bits per heavy atom. The zero-order valence-electron chi connectivity index (χ0n) is 37.8. The van der Waals surface area contributed by atoms with Crippen molar-refractivity contribution in [1.82, 2.24) is 19.5 Å². The van der Waals surface area contributed by atoms with Crippen molar-refractivity contribution < 1.29 is 0 Å². The van der Waals surface area contributed by atoms with Gasteiger partial charge in [0.2, 0.25) is 5.95 Å². The van der Waals surface area contributed by atoms with Crippen LogP contribution in [0.4, 0.5) is 34.1 Å². The van der Waals surface area contributed by atoms with E-state index in [0.717, 1.165) is 72.6 Å². The quantitative estimate of drug-likeness (QED) is 0.172. The second-order valence-electron chi connectivity index (χ2n) is 18.3. The van der Waals surface area contributed by atoms with Crippen LogP contribution in [0.2, 0.25) is 0 Å². The van der Waals surface area contributed by atoms with Gasteiger partial charge < -0.3 is 9.80 Å². The van der Waals surface area contributed by atoms with Gasteiger partial charge in [-0.15, -0.1) is 0 Å². The lowest BCUT2D eigenvalue weighted by Crippen LogP contribution is -2.25. The Morgan fingerprint density at radius 3 is 1.46 bits per heavy atom. The van der Waals surface area contributed by atoms with Crippen LogP contribution in [0.1, 0.15) is 22.3 Å². The van der Waals surface area contributed by atoms with Crippen LogP contribution in [0.3, 0.4) is 0 Å². The molecule has 0 saturated carbocycles. The van der Waals surface area contributed by atoms with Gasteiger partial charge in [0.25, 0.3) is 0 Å². The largest absolute Gasteiger partial charge is 0.306 e. The zero-order chi connectivity index (χ0) is 45.9. The lowest BCUT2D eigenvalue weighted by molar-refractivity contribution is 0.794. The monoisotopic (exact) mass is 892 g/mol. The highest BCUT2D eigenvalue weighted by Gasteiger charge is 2.52. The molecule has 0 amide bonds. The Morgan fingerprint density at radius 1 is 0.314 bits per heavy atom. The van der Waals surface area contributed by atoms with Crippen molar-refractivity contribution >= 4 is 55.9 Å².